The van der Waals surface area contributed by atoms with Crippen LogP contribution >= 0.6 is 11.3 Å². The second kappa shape index (κ2) is 4.84. The van der Waals surface area contributed by atoms with E-state index in [9.17, 15) is 8.42 Å². The molecule has 0 amide bonds. The van der Waals surface area contributed by atoms with Crippen LogP contribution in [0.15, 0.2) is 16.3 Å². The van der Waals surface area contributed by atoms with Crippen molar-refractivity contribution in [3.63, 3.8) is 0 Å². The highest BCUT2D eigenvalue weighted by Crippen LogP contribution is 2.38. The highest BCUT2D eigenvalue weighted by atomic mass is 32.2. The second-order valence-corrected chi connectivity index (χ2v) is 8.72. The lowest BCUT2D eigenvalue weighted by Crippen LogP contribution is -2.42. The zero-order valence-corrected chi connectivity index (χ0v) is 12.9. The van der Waals surface area contributed by atoms with Crippen LogP contribution in [0.5, 0.6) is 0 Å². The number of nitrogens with one attached hydrogen (secondary N) is 1. The van der Waals surface area contributed by atoms with Gasteiger partial charge in [0.15, 0.2) is 0 Å². The SMILES string of the molecule is CCc1ccc(S(=O)(=O)N2C(C)CC3CNCC32)s1. The van der Waals surface area contributed by atoms with Crippen LogP contribution in [0.25, 0.3) is 0 Å². The van der Waals surface area contributed by atoms with Gasteiger partial charge in [-0.3, -0.25) is 0 Å². The van der Waals surface area contributed by atoms with Gasteiger partial charge in [-0.2, -0.15) is 4.31 Å². The zero-order chi connectivity index (χ0) is 13.6. The molecule has 2 aliphatic rings. The Hall–Kier alpha value is -0.430. The molecule has 3 heterocycles. The third-order valence-corrected chi connectivity index (χ3v) is 7.96. The van der Waals surface area contributed by atoms with Gasteiger partial charge in [-0.15, -0.1) is 11.3 Å². The molecule has 0 bridgehead atoms. The molecule has 19 heavy (non-hydrogen) atoms. The van der Waals surface area contributed by atoms with E-state index in [0.717, 1.165) is 30.8 Å². The number of nitrogens with zero attached hydrogens (tertiary/aromatic N) is 1. The molecule has 6 heteroatoms. The lowest BCUT2D eigenvalue weighted by molar-refractivity contribution is 0.336. The number of hydrogen-bond donors (Lipinski definition) is 1. The van der Waals surface area contributed by atoms with Gasteiger partial charge in [0.1, 0.15) is 4.21 Å². The van der Waals surface area contributed by atoms with Crippen LogP contribution in [0, 0.1) is 5.92 Å². The third-order valence-electron chi connectivity index (χ3n) is 4.23. The minimum absolute atomic E-state index is 0.120. The molecule has 2 aliphatic heterocycles. The van der Waals surface area contributed by atoms with Crippen molar-refractivity contribution in [2.45, 2.75) is 43.0 Å². The summed E-state index contributed by atoms with van der Waals surface area (Å²) in [6.45, 7) is 5.83. The summed E-state index contributed by atoms with van der Waals surface area (Å²) < 4.78 is 27.9. The van der Waals surface area contributed by atoms with Crippen molar-refractivity contribution in [2.24, 2.45) is 5.92 Å². The Kier molecular flexibility index (Phi) is 3.45. The van der Waals surface area contributed by atoms with Crippen LogP contribution in [0.1, 0.15) is 25.1 Å². The summed E-state index contributed by atoms with van der Waals surface area (Å²) in [5.41, 5.74) is 0. The molecule has 3 rings (SSSR count). The first-order valence-electron chi connectivity index (χ1n) is 6.87. The largest absolute Gasteiger partial charge is 0.315 e. The maximum atomic E-state index is 12.8. The molecule has 0 aliphatic carbocycles. The minimum Gasteiger partial charge on any atom is -0.315 e. The fourth-order valence-electron chi connectivity index (χ4n) is 3.33. The van der Waals surface area contributed by atoms with Crippen molar-refractivity contribution in [2.75, 3.05) is 13.1 Å². The third kappa shape index (κ3) is 2.14. The number of thiophene rings is 1. The summed E-state index contributed by atoms with van der Waals surface area (Å²) >= 11 is 1.41. The van der Waals surface area contributed by atoms with Crippen molar-refractivity contribution < 1.29 is 8.42 Å². The van der Waals surface area contributed by atoms with E-state index in [0.29, 0.717) is 10.1 Å². The van der Waals surface area contributed by atoms with E-state index in [1.807, 2.05) is 13.0 Å². The standard InChI is InChI=1S/C13H20N2O2S2/c1-3-11-4-5-13(18-11)19(16,17)15-9(2)6-10-7-14-8-12(10)15/h4-5,9-10,12,14H,3,6-8H2,1-2H3. The van der Waals surface area contributed by atoms with Gasteiger partial charge in [0.05, 0.1) is 0 Å². The maximum absolute atomic E-state index is 12.8. The van der Waals surface area contributed by atoms with Gasteiger partial charge >= 0.3 is 0 Å². The van der Waals surface area contributed by atoms with Gasteiger partial charge in [0.2, 0.25) is 0 Å². The van der Waals surface area contributed by atoms with Gasteiger partial charge in [-0.05, 0) is 44.4 Å². The van der Waals surface area contributed by atoms with E-state index in [2.05, 4.69) is 12.2 Å². The highest BCUT2D eigenvalue weighted by molar-refractivity contribution is 7.91. The molecule has 2 fully saturated rings. The molecule has 0 radical (unpaired) electrons. The monoisotopic (exact) mass is 300 g/mol. The molecule has 106 valence electrons. The van der Waals surface area contributed by atoms with Gasteiger partial charge in [-0.1, -0.05) is 6.92 Å². The predicted octanol–water partition coefficient (Wildman–Crippen LogP) is 1.68. The Morgan fingerprint density at radius 3 is 2.89 bits per heavy atom. The molecule has 1 aromatic rings. The Labute approximate surface area is 118 Å². The molecule has 0 saturated carbocycles. The lowest BCUT2D eigenvalue weighted by atomic mass is 10.0. The number of rotatable bonds is 3. The van der Waals surface area contributed by atoms with Crippen LogP contribution in [-0.4, -0.2) is 37.9 Å². The van der Waals surface area contributed by atoms with Crippen LogP contribution in [0.4, 0.5) is 0 Å². The highest BCUT2D eigenvalue weighted by Gasteiger charge is 2.48. The summed E-state index contributed by atoms with van der Waals surface area (Å²) in [6.07, 6.45) is 1.87. The van der Waals surface area contributed by atoms with Crippen molar-refractivity contribution in [1.82, 2.24) is 9.62 Å². The van der Waals surface area contributed by atoms with E-state index in [4.69, 9.17) is 0 Å². The summed E-state index contributed by atoms with van der Waals surface area (Å²) in [7, 11) is -3.32. The topological polar surface area (TPSA) is 49.4 Å². The number of aryl methyl sites for hydroxylation is 1. The molecule has 4 nitrogen and oxygen atoms in total. The molecule has 1 N–H and O–H groups in total. The van der Waals surface area contributed by atoms with Crippen molar-refractivity contribution in [3.05, 3.63) is 17.0 Å². The van der Waals surface area contributed by atoms with Crippen LogP contribution in [0.3, 0.4) is 0 Å². The molecule has 1 aromatic heterocycles. The Bertz CT molecular complexity index is 567. The minimum atomic E-state index is -3.32. The van der Waals surface area contributed by atoms with Crippen molar-refractivity contribution >= 4 is 21.4 Å². The first kappa shape index (κ1) is 13.5. The fraction of sp³-hybridized carbons (Fsp3) is 0.692. The lowest BCUT2D eigenvalue weighted by Gasteiger charge is -2.25. The number of fused-ring (bicyclic) bond motifs is 1. The van der Waals surface area contributed by atoms with Gasteiger partial charge in [-0.25, -0.2) is 8.42 Å². The van der Waals surface area contributed by atoms with E-state index >= 15 is 0 Å². The Balaban J connectivity index is 1.95. The molecule has 0 spiro atoms. The van der Waals surface area contributed by atoms with Gasteiger partial charge < -0.3 is 5.32 Å². The van der Waals surface area contributed by atoms with E-state index < -0.39 is 10.0 Å². The molecule has 2 saturated heterocycles. The number of hydrogen-bond acceptors (Lipinski definition) is 4. The summed E-state index contributed by atoms with van der Waals surface area (Å²) in [4.78, 5) is 1.13. The van der Waals surface area contributed by atoms with Crippen LogP contribution < -0.4 is 5.32 Å². The summed E-state index contributed by atoms with van der Waals surface area (Å²) in [5.74, 6) is 0.482. The fourth-order valence-corrected chi connectivity index (χ4v) is 6.62. The average molecular weight is 300 g/mol. The quantitative estimate of drug-likeness (QED) is 0.924. The average Bonchev–Trinajstić information content (AvgIpc) is 3.01. The Morgan fingerprint density at radius 1 is 1.42 bits per heavy atom. The molecule has 3 atom stereocenters. The Morgan fingerprint density at radius 2 is 2.21 bits per heavy atom. The van der Waals surface area contributed by atoms with Crippen LogP contribution in [-0.2, 0) is 16.4 Å². The first-order valence-corrected chi connectivity index (χ1v) is 9.12. The molecule has 0 aromatic carbocycles. The van der Waals surface area contributed by atoms with E-state index in [-0.39, 0.29) is 12.1 Å². The molecular formula is C13H20N2O2S2. The van der Waals surface area contributed by atoms with Gasteiger partial charge in [0.25, 0.3) is 10.0 Å². The molecule has 3 unspecified atom stereocenters. The van der Waals surface area contributed by atoms with E-state index in [1.54, 1.807) is 10.4 Å². The van der Waals surface area contributed by atoms with Crippen molar-refractivity contribution in [3.8, 4) is 0 Å². The normalized spacial score (nSPS) is 31.8. The van der Waals surface area contributed by atoms with Crippen molar-refractivity contribution in [1.29, 1.82) is 0 Å². The predicted molar refractivity (Wildman–Crippen MR) is 76.9 cm³/mol. The second-order valence-electron chi connectivity index (χ2n) is 5.48. The summed E-state index contributed by atoms with van der Waals surface area (Å²) in [6, 6.07) is 3.96. The first-order chi connectivity index (χ1) is 9.04. The van der Waals surface area contributed by atoms with Gasteiger partial charge in [0, 0.05) is 23.5 Å². The van der Waals surface area contributed by atoms with E-state index in [1.165, 1.54) is 11.3 Å². The molecular weight excluding hydrogens is 280 g/mol. The smallest absolute Gasteiger partial charge is 0.253 e. The van der Waals surface area contributed by atoms with Crippen LogP contribution in [0.2, 0.25) is 0 Å². The zero-order valence-electron chi connectivity index (χ0n) is 11.3. The maximum Gasteiger partial charge on any atom is 0.253 e. The summed E-state index contributed by atoms with van der Waals surface area (Å²) in [5, 5.41) is 3.31. The number of sulfonamides is 1.